The molecule has 25 heavy (non-hydrogen) atoms. The van der Waals surface area contributed by atoms with Crippen LogP contribution in [0.3, 0.4) is 0 Å². The minimum atomic E-state index is -0.293. The first kappa shape index (κ1) is 16.1. The Morgan fingerprint density at radius 2 is 2.00 bits per heavy atom. The fourth-order valence-electron chi connectivity index (χ4n) is 4.50. The van der Waals surface area contributed by atoms with Crippen LogP contribution >= 0.6 is 0 Å². The van der Waals surface area contributed by atoms with E-state index in [4.69, 9.17) is 5.73 Å². The van der Waals surface area contributed by atoms with Crippen LogP contribution in [0, 0.1) is 5.92 Å². The molecule has 2 unspecified atom stereocenters. The summed E-state index contributed by atoms with van der Waals surface area (Å²) in [5, 5.41) is 0. The number of amides is 2. The van der Waals surface area contributed by atoms with Crippen LogP contribution in [0.15, 0.2) is 30.6 Å². The first-order chi connectivity index (χ1) is 12.2. The van der Waals surface area contributed by atoms with E-state index in [0.29, 0.717) is 18.5 Å². The van der Waals surface area contributed by atoms with Crippen molar-refractivity contribution in [2.75, 3.05) is 6.54 Å². The van der Waals surface area contributed by atoms with Gasteiger partial charge in [-0.25, -0.2) is 9.78 Å². The number of nitrogens with zero attached hydrogens (tertiary/aromatic N) is 3. The Balaban J connectivity index is 1.50. The summed E-state index contributed by atoms with van der Waals surface area (Å²) in [6.45, 7) is 0.658. The maximum Gasteiger partial charge on any atom is 0.315 e. The van der Waals surface area contributed by atoms with Crippen molar-refractivity contribution in [3.8, 4) is 11.4 Å². The number of nitrogens with one attached hydrogen (secondary N) is 1. The first-order valence-electron chi connectivity index (χ1n) is 9.25. The van der Waals surface area contributed by atoms with Gasteiger partial charge in [-0.2, -0.15) is 0 Å². The van der Waals surface area contributed by atoms with Gasteiger partial charge in [0.15, 0.2) is 0 Å². The van der Waals surface area contributed by atoms with Gasteiger partial charge in [-0.1, -0.05) is 18.9 Å². The second-order valence-corrected chi connectivity index (χ2v) is 7.27. The molecule has 2 aromatic heterocycles. The number of rotatable bonds is 3. The third-order valence-electron chi connectivity index (χ3n) is 5.78. The van der Waals surface area contributed by atoms with E-state index in [1.54, 1.807) is 6.20 Å². The van der Waals surface area contributed by atoms with E-state index in [1.165, 1.54) is 25.7 Å². The molecule has 2 aromatic rings. The molecule has 6 nitrogen and oxygen atoms in total. The molecule has 1 saturated carbocycles. The predicted molar refractivity (Wildman–Crippen MR) is 95.8 cm³/mol. The molecule has 0 radical (unpaired) electrons. The van der Waals surface area contributed by atoms with Gasteiger partial charge in [-0.15, -0.1) is 0 Å². The smallest absolute Gasteiger partial charge is 0.315 e. The molecule has 1 aliphatic carbocycles. The Morgan fingerprint density at radius 3 is 2.72 bits per heavy atom. The number of carbonyl (C=O) groups excluding carboxylic acids is 1. The Bertz CT molecular complexity index is 722. The van der Waals surface area contributed by atoms with Crippen LogP contribution in [-0.2, 0) is 0 Å². The summed E-state index contributed by atoms with van der Waals surface area (Å²) in [6.07, 6.45) is 10.7. The monoisotopic (exact) mass is 339 g/mol. The van der Waals surface area contributed by atoms with Crippen molar-refractivity contribution in [2.45, 2.75) is 50.5 Å². The van der Waals surface area contributed by atoms with Crippen LogP contribution in [0.4, 0.5) is 4.79 Å². The third kappa shape index (κ3) is 3.25. The lowest BCUT2D eigenvalue weighted by Gasteiger charge is -2.41. The van der Waals surface area contributed by atoms with Gasteiger partial charge in [0, 0.05) is 24.7 Å². The second kappa shape index (κ2) is 6.86. The Hall–Kier alpha value is -2.37. The van der Waals surface area contributed by atoms with Crippen molar-refractivity contribution in [1.29, 1.82) is 0 Å². The first-order valence-corrected chi connectivity index (χ1v) is 9.25. The van der Waals surface area contributed by atoms with Crippen LogP contribution in [0.1, 0.15) is 50.3 Å². The predicted octanol–water partition coefficient (Wildman–Crippen LogP) is 3.29. The fraction of sp³-hybridized carbons (Fsp3) is 0.526. The highest BCUT2D eigenvalue weighted by atomic mass is 16.2. The molecule has 0 bridgehead atoms. The number of aromatic amines is 1. The molecule has 132 valence electrons. The van der Waals surface area contributed by atoms with Crippen molar-refractivity contribution >= 4 is 6.03 Å². The standard InChI is InChI=1S/C19H25N5O/c20-19(25)24-12-14(8-9-17(24)13-5-1-2-6-13)18-22-11-16(23-18)15-7-3-4-10-21-15/h3-4,7,10-11,13-14,17H,1-2,5-6,8-9,12H2,(H2,20,25)(H,22,23). The summed E-state index contributed by atoms with van der Waals surface area (Å²) in [6, 6.07) is 5.84. The molecule has 2 fully saturated rings. The zero-order valence-corrected chi connectivity index (χ0v) is 14.4. The third-order valence-corrected chi connectivity index (χ3v) is 5.78. The molecule has 1 aliphatic heterocycles. The molecular weight excluding hydrogens is 314 g/mol. The molecule has 0 aromatic carbocycles. The molecule has 1 saturated heterocycles. The zero-order chi connectivity index (χ0) is 17.2. The van der Waals surface area contributed by atoms with Crippen molar-refractivity contribution < 1.29 is 4.79 Å². The van der Waals surface area contributed by atoms with E-state index in [9.17, 15) is 4.79 Å². The highest BCUT2D eigenvalue weighted by Crippen LogP contribution is 2.38. The lowest BCUT2D eigenvalue weighted by molar-refractivity contribution is 0.114. The fourth-order valence-corrected chi connectivity index (χ4v) is 4.50. The molecule has 2 amide bonds. The van der Waals surface area contributed by atoms with Gasteiger partial charge in [0.25, 0.3) is 0 Å². The summed E-state index contributed by atoms with van der Waals surface area (Å²) in [5.74, 6) is 1.76. The number of carbonyl (C=O) groups is 1. The number of piperidine rings is 1. The minimum absolute atomic E-state index is 0.211. The summed E-state index contributed by atoms with van der Waals surface area (Å²) < 4.78 is 0. The second-order valence-electron chi connectivity index (χ2n) is 7.27. The highest BCUT2D eigenvalue weighted by Gasteiger charge is 2.37. The number of primary amides is 1. The number of nitrogens with two attached hydrogens (primary N) is 1. The number of urea groups is 1. The van der Waals surface area contributed by atoms with Crippen LogP contribution in [0.2, 0.25) is 0 Å². The average Bonchev–Trinajstić information content (AvgIpc) is 3.34. The number of pyridine rings is 1. The van der Waals surface area contributed by atoms with Gasteiger partial charge < -0.3 is 15.6 Å². The number of hydrogen-bond acceptors (Lipinski definition) is 3. The molecule has 3 N–H and O–H groups in total. The molecule has 0 spiro atoms. The van der Waals surface area contributed by atoms with Crippen molar-refractivity contribution in [2.24, 2.45) is 11.7 Å². The maximum atomic E-state index is 12.0. The Morgan fingerprint density at radius 1 is 1.16 bits per heavy atom. The molecule has 6 heteroatoms. The summed E-state index contributed by atoms with van der Waals surface area (Å²) in [4.78, 5) is 26.2. The highest BCUT2D eigenvalue weighted by molar-refractivity contribution is 5.72. The van der Waals surface area contributed by atoms with Gasteiger partial charge in [0.05, 0.1) is 17.6 Å². The van der Waals surface area contributed by atoms with Gasteiger partial charge in [-0.05, 0) is 43.7 Å². The Kier molecular flexibility index (Phi) is 4.42. The van der Waals surface area contributed by atoms with E-state index < -0.39 is 0 Å². The summed E-state index contributed by atoms with van der Waals surface area (Å²) in [7, 11) is 0. The van der Waals surface area contributed by atoms with Crippen molar-refractivity contribution in [3.05, 3.63) is 36.4 Å². The number of aromatic nitrogens is 3. The number of likely N-dealkylation sites (tertiary alicyclic amines) is 1. The number of H-pyrrole nitrogens is 1. The van der Waals surface area contributed by atoms with E-state index >= 15 is 0 Å². The molecule has 4 rings (SSSR count). The quantitative estimate of drug-likeness (QED) is 0.899. The maximum absolute atomic E-state index is 12.0. The molecule has 2 atom stereocenters. The van der Waals surface area contributed by atoms with Crippen molar-refractivity contribution in [1.82, 2.24) is 19.9 Å². The van der Waals surface area contributed by atoms with E-state index in [1.807, 2.05) is 29.3 Å². The minimum Gasteiger partial charge on any atom is -0.351 e. The average molecular weight is 339 g/mol. The number of hydrogen-bond donors (Lipinski definition) is 2. The summed E-state index contributed by atoms with van der Waals surface area (Å²) >= 11 is 0. The molecule has 2 aliphatic rings. The van der Waals surface area contributed by atoms with Crippen LogP contribution in [0.5, 0.6) is 0 Å². The SMILES string of the molecule is NC(=O)N1CC(c2ncc(-c3ccccn3)[nH]2)CCC1C1CCCC1. The van der Waals surface area contributed by atoms with Gasteiger partial charge >= 0.3 is 6.03 Å². The number of imidazole rings is 1. The molecule has 3 heterocycles. The van der Waals surface area contributed by atoms with E-state index in [-0.39, 0.29) is 11.9 Å². The van der Waals surface area contributed by atoms with E-state index in [2.05, 4.69) is 15.0 Å². The lowest BCUT2D eigenvalue weighted by Crippen LogP contribution is -2.51. The van der Waals surface area contributed by atoms with Gasteiger partial charge in [0.1, 0.15) is 5.82 Å². The molecular formula is C19H25N5O. The van der Waals surface area contributed by atoms with Crippen LogP contribution < -0.4 is 5.73 Å². The zero-order valence-electron chi connectivity index (χ0n) is 14.4. The van der Waals surface area contributed by atoms with Crippen LogP contribution in [0.25, 0.3) is 11.4 Å². The van der Waals surface area contributed by atoms with E-state index in [0.717, 1.165) is 30.1 Å². The normalized spacial score (nSPS) is 24.6. The van der Waals surface area contributed by atoms with Crippen molar-refractivity contribution in [3.63, 3.8) is 0 Å². The lowest BCUT2D eigenvalue weighted by atomic mass is 9.85. The topological polar surface area (TPSA) is 87.9 Å². The largest absolute Gasteiger partial charge is 0.351 e. The summed E-state index contributed by atoms with van der Waals surface area (Å²) in [5.41, 5.74) is 7.51. The van der Waals surface area contributed by atoms with Gasteiger partial charge in [0.2, 0.25) is 0 Å². The Labute approximate surface area is 147 Å². The van der Waals surface area contributed by atoms with Gasteiger partial charge in [-0.3, -0.25) is 4.98 Å². The van der Waals surface area contributed by atoms with Crippen LogP contribution in [-0.4, -0.2) is 38.5 Å².